The highest BCUT2D eigenvalue weighted by Gasteiger charge is 2.23. The summed E-state index contributed by atoms with van der Waals surface area (Å²) >= 11 is 0. The van der Waals surface area contributed by atoms with E-state index in [0.717, 1.165) is 88.4 Å². The van der Waals surface area contributed by atoms with Crippen LogP contribution in [0.4, 0.5) is 0 Å². The highest BCUT2D eigenvalue weighted by molar-refractivity contribution is 5.99. The lowest BCUT2D eigenvalue weighted by Crippen LogP contribution is -2.18. The zero-order chi connectivity index (χ0) is 33.9. The maximum atomic E-state index is 14.0. The van der Waals surface area contributed by atoms with Gasteiger partial charge < -0.3 is 23.7 Å². The molecule has 0 saturated carbocycles. The molecule has 46 heavy (non-hydrogen) atoms. The molecule has 0 aliphatic rings. The van der Waals surface area contributed by atoms with Crippen molar-refractivity contribution in [2.75, 3.05) is 7.11 Å². The van der Waals surface area contributed by atoms with Gasteiger partial charge >= 0.3 is 0 Å². The van der Waals surface area contributed by atoms with E-state index in [-0.39, 0.29) is 36.6 Å². The summed E-state index contributed by atoms with van der Waals surface area (Å²) in [5.74, 6) is 3.28. The van der Waals surface area contributed by atoms with Gasteiger partial charge in [0, 0.05) is 18.1 Å². The van der Waals surface area contributed by atoms with Crippen molar-refractivity contribution in [3.8, 4) is 28.7 Å². The Morgan fingerprint density at radius 1 is 0.630 bits per heavy atom. The zero-order valence-electron chi connectivity index (χ0n) is 30.5. The second kappa shape index (κ2) is 21.8. The SMILES string of the molecule is CCCCC(C)Oc1cc(CCC(=O)c2cccc(OC(C)CCCC)c2OC(C)CCCC)c(OC(C)CCCC)c(OC)c1. The quantitative estimate of drug-likeness (QED) is 0.101. The summed E-state index contributed by atoms with van der Waals surface area (Å²) in [7, 11) is 1.66. The molecule has 0 aromatic heterocycles. The number of methoxy groups -OCH3 is 1. The van der Waals surface area contributed by atoms with E-state index in [0.29, 0.717) is 35.0 Å². The van der Waals surface area contributed by atoms with Crippen molar-refractivity contribution in [2.45, 2.75) is 170 Å². The molecule has 2 rings (SSSR count). The highest BCUT2D eigenvalue weighted by Crippen LogP contribution is 2.39. The molecule has 0 aliphatic carbocycles. The predicted octanol–water partition coefficient (Wildman–Crippen LogP) is 11.3. The fourth-order valence-corrected chi connectivity index (χ4v) is 5.56. The summed E-state index contributed by atoms with van der Waals surface area (Å²) in [6.07, 6.45) is 13.5. The van der Waals surface area contributed by atoms with Crippen molar-refractivity contribution in [2.24, 2.45) is 0 Å². The molecule has 0 spiro atoms. The van der Waals surface area contributed by atoms with Crippen molar-refractivity contribution < 1.29 is 28.5 Å². The Morgan fingerprint density at radius 2 is 1.13 bits per heavy atom. The van der Waals surface area contributed by atoms with Crippen LogP contribution >= 0.6 is 0 Å². The molecule has 4 atom stereocenters. The van der Waals surface area contributed by atoms with Crippen LogP contribution in [0.25, 0.3) is 0 Å². The van der Waals surface area contributed by atoms with Gasteiger partial charge in [0.05, 0.1) is 37.1 Å². The first-order valence-corrected chi connectivity index (χ1v) is 18.2. The Morgan fingerprint density at radius 3 is 1.65 bits per heavy atom. The predicted molar refractivity (Wildman–Crippen MR) is 191 cm³/mol. The maximum absolute atomic E-state index is 14.0. The topological polar surface area (TPSA) is 63.2 Å². The molecule has 260 valence electrons. The van der Waals surface area contributed by atoms with E-state index in [2.05, 4.69) is 55.4 Å². The second-order valence-electron chi connectivity index (χ2n) is 13.0. The van der Waals surface area contributed by atoms with E-state index in [1.165, 1.54) is 0 Å². The number of rotatable bonds is 25. The van der Waals surface area contributed by atoms with E-state index in [9.17, 15) is 4.79 Å². The largest absolute Gasteiger partial charge is 0.493 e. The first-order valence-electron chi connectivity index (χ1n) is 18.2. The van der Waals surface area contributed by atoms with Crippen LogP contribution < -0.4 is 23.7 Å². The van der Waals surface area contributed by atoms with Crippen LogP contribution in [0.5, 0.6) is 28.7 Å². The van der Waals surface area contributed by atoms with E-state index >= 15 is 0 Å². The smallest absolute Gasteiger partial charge is 0.172 e. The molecule has 6 nitrogen and oxygen atoms in total. The van der Waals surface area contributed by atoms with Crippen LogP contribution in [-0.2, 0) is 6.42 Å². The molecule has 2 aromatic rings. The minimum Gasteiger partial charge on any atom is -0.493 e. The zero-order valence-corrected chi connectivity index (χ0v) is 30.5. The van der Waals surface area contributed by atoms with Gasteiger partial charge in [0.25, 0.3) is 0 Å². The van der Waals surface area contributed by atoms with Crippen LogP contribution in [0.2, 0.25) is 0 Å². The van der Waals surface area contributed by atoms with Crippen molar-refractivity contribution in [3.05, 3.63) is 41.5 Å². The number of Topliss-reactive ketones (excluding diaryl/α,β-unsaturated/α-hetero) is 1. The van der Waals surface area contributed by atoms with Gasteiger partial charge in [0.15, 0.2) is 28.8 Å². The van der Waals surface area contributed by atoms with Gasteiger partial charge in [-0.05, 0) is 78.0 Å². The Balaban J connectivity index is 2.43. The molecule has 0 saturated heterocycles. The molecule has 0 amide bonds. The third kappa shape index (κ3) is 13.5. The van der Waals surface area contributed by atoms with Gasteiger partial charge in [-0.25, -0.2) is 0 Å². The van der Waals surface area contributed by atoms with Crippen LogP contribution in [0.15, 0.2) is 30.3 Å². The van der Waals surface area contributed by atoms with Gasteiger partial charge in [-0.15, -0.1) is 0 Å². The summed E-state index contributed by atoms with van der Waals surface area (Å²) in [6, 6.07) is 9.64. The third-order valence-electron chi connectivity index (χ3n) is 8.39. The first-order chi connectivity index (χ1) is 22.2. The van der Waals surface area contributed by atoms with Gasteiger partial charge in [-0.2, -0.15) is 0 Å². The summed E-state index contributed by atoms with van der Waals surface area (Å²) < 4.78 is 31.5. The monoisotopic (exact) mass is 640 g/mol. The number of carbonyl (C=O) groups is 1. The van der Waals surface area contributed by atoms with Crippen LogP contribution in [0.3, 0.4) is 0 Å². The number of benzene rings is 2. The Kier molecular flexibility index (Phi) is 18.6. The molecule has 2 aromatic carbocycles. The normalized spacial score (nSPS) is 13.8. The number of carbonyl (C=O) groups excluding carboxylic acids is 1. The minimum atomic E-state index is -0.0281. The molecule has 0 aliphatic heterocycles. The van der Waals surface area contributed by atoms with Gasteiger partial charge in [0.1, 0.15) is 5.75 Å². The van der Waals surface area contributed by atoms with E-state index in [1.807, 2.05) is 30.3 Å². The van der Waals surface area contributed by atoms with Crippen LogP contribution in [0, 0.1) is 0 Å². The van der Waals surface area contributed by atoms with E-state index in [1.54, 1.807) is 7.11 Å². The lowest BCUT2D eigenvalue weighted by Gasteiger charge is -2.23. The Hall–Kier alpha value is -2.89. The van der Waals surface area contributed by atoms with Gasteiger partial charge in [-0.3, -0.25) is 4.79 Å². The highest BCUT2D eigenvalue weighted by atomic mass is 16.5. The molecule has 4 unspecified atom stereocenters. The first kappa shape index (κ1) is 39.3. The van der Waals surface area contributed by atoms with E-state index in [4.69, 9.17) is 23.7 Å². The number of para-hydroxylation sites is 1. The van der Waals surface area contributed by atoms with Crippen molar-refractivity contribution in [1.82, 2.24) is 0 Å². The Bertz CT molecular complexity index is 1140. The average molecular weight is 641 g/mol. The van der Waals surface area contributed by atoms with Gasteiger partial charge in [-0.1, -0.05) is 85.1 Å². The number of ether oxygens (including phenoxy) is 5. The summed E-state index contributed by atoms with van der Waals surface area (Å²) in [6.45, 7) is 17.1. The van der Waals surface area contributed by atoms with E-state index < -0.39 is 0 Å². The maximum Gasteiger partial charge on any atom is 0.172 e. The molecule has 0 fully saturated rings. The number of hydrogen-bond acceptors (Lipinski definition) is 6. The van der Waals surface area contributed by atoms with Gasteiger partial charge in [0.2, 0.25) is 0 Å². The van der Waals surface area contributed by atoms with Crippen LogP contribution in [-0.4, -0.2) is 37.3 Å². The standard InChI is InChI=1S/C40H64O6/c1-10-14-19-29(5)43-34-27-33(39(38(28-34)42-9)45-31(7)21-16-12-3)25-26-36(41)35-23-18-24-37(44-30(6)20-15-11-2)40(35)46-32(8)22-17-13-4/h18,23-24,27-32H,10-17,19-22,25-26H2,1-9H3. The number of hydrogen-bond donors (Lipinski definition) is 0. The minimum absolute atomic E-state index is 0.0101. The number of aryl methyl sites for hydroxylation is 1. The lowest BCUT2D eigenvalue weighted by atomic mass is 10.00. The summed E-state index contributed by atoms with van der Waals surface area (Å²) in [5.41, 5.74) is 1.47. The molecule has 0 N–H and O–H groups in total. The van der Waals surface area contributed by atoms with Crippen molar-refractivity contribution >= 4 is 5.78 Å². The number of ketones is 1. The summed E-state index contributed by atoms with van der Waals surface area (Å²) in [5, 5.41) is 0. The fraction of sp³-hybridized carbons (Fsp3) is 0.675. The fourth-order valence-electron chi connectivity index (χ4n) is 5.56. The number of unbranched alkanes of at least 4 members (excludes halogenated alkanes) is 4. The summed E-state index contributed by atoms with van der Waals surface area (Å²) in [4.78, 5) is 14.0. The van der Waals surface area contributed by atoms with Crippen molar-refractivity contribution in [1.29, 1.82) is 0 Å². The molecular formula is C40H64O6. The van der Waals surface area contributed by atoms with Crippen LogP contribution in [0.1, 0.15) is 155 Å². The third-order valence-corrected chi connectivity index (χ3v) is 8.39. The Labute approximate surface area is 280 Å². The molecule has 6 heteroatoms. The molecular weight excluding hydrogens is 576 g/mol. The average Bonchev–Trinajstić information content (AvgIpc) is 3.04. The lowest BCUT2D eigenvalue weighted by molar-refractivity contribution is 0.0971. The van der Waals surface area contributed by atoms with Crippen molar-refractivity contribution in [3.63, 3.8) is 0 Å². The molecule has 0 heterocycles. The molecule has 0 radical (unpaired) electrons. The molecule has 0 bridgehead atoms. The second-order valence-corrected chi connectivity index (χ2v) is 13.0.